The third-order valence-electron chi connectivity index (χ3n) is 2.15. The van der Waals surface area contributed by atoms with E-state index in [1.165, 1.54) is 6.07 Å². The van der Waals surface area contributed by atoms with Gasteiger partial charge in [0.15, 0.2) is 0 Å². The van der Waals surface area contributed by atoms with Gasteiger partial charge in [0.1, 0.15) is 17.9 Å². The number of methoxy groups -OCH3 is 1. The van der Waals surface area contributed by atoms with Gasteiger partial charge in [-0.3, -0.25) is 0 Å². The third-order valence-corrected chi connectivity index (χ3v) is 2.15. The zero-order valence-electron chi connectivity index (χ0n) is 8.93. The van der Waals surface area contributed by atoms with E-state index < -0.39 is 0 Å². The van der Waals surface area contributed by atoms with Gasteiger partial charge in [-0.15, -0.1) is 0 Å². The van der Waals surface area contributed by atoms with Crippen molar-refractivity contribution < 1.29 is 13.9 Å². The van der Waals surface area contributed by atoms with Crippen LogP contribution < -0.4 is 10.4 Å². The number of hydrogen-bond donors (Lipinski definition) is 0. The fourth-order valence-corrected chi connectivity index (χ4v) is 1.37. The van der Waals surface area contributed by atoms with Crippen LogP contribution in [0.15, 0.2) is 39.5 Å². The molecule has 2 rings (SSSR count). The Morgan fingerprint density at radius 3 is 2.81 bits per heavy atom. The molecule has 0 saturated carbocycles. The summed E-state index contributed by atoms with van der Waals surface area (Å²) in [6.45, 7) is 0.996. The predicted molar refractivity (Wildman–Crippen MR) is 59.9 cm³/mol. The third kappa shape index (κ3) is 2.41. The van der Waals surface area contributed by atoms with Crippen molar-refractivity contribution in [2.75, 3.05) is 20.3 Å². The van der Waals surface area contributed by atoms with Crippen LogP contribution in [-0.4, -0.2) is 20.3 Å². The molecule has 84 valence electrons. The number of ether oxygens (including phenoxy) is 2. The summed E-state index contributed by atoms with van der Waals surface area (Å²) in [5, 5.41) is 0.874. The normalized spacial score (nSPS) is 10.6. The van der Waals surface area contributed by atoms with Crippen molar-refractivity contribution in [3.05, 3.63) is 40.8 Å². The van der Waals surface area contributed by atoms with Crippen molar-refractivity contribution in [2.45, 2.75) is 0 Å². The van der Waals surface area contributed by atoms with Gasteiger partial charge in [-0.05, 0) is 18.2 Å². The lowest BCUT2D eigenvalue weighted by Crippen LogP contribution is -2.04. The van der Waals surface area contributed by atoms with Crippen LogP contribution in [0, 0.1) is 0 Å². The SMILES string of the molecule is COCCOc1ccc2ccc(=O)oc2c1. The summed E-state index contributed by atoms with van der Waals surface area (Å²) >= 11 is 0. The molecule has 0 unspecified atom stereocenters. The van der Waals surface area contributed by atoms with Crippen molar-refractivity contribution in [3.8, 4) is 5.75 Å². The highest BCUT2D eigenvalue weighted by Gasteiger charge is 1.99. The van der Waals surface area contributed by atoms with E-state index in [0.717, 1.165) is 5.39 Å². The van der Waals surface area contributed by atoms with E-state index in [-0.39, 0.29) is 5.63 Å². The molecule has 0 aliphatic carbocycles. The second kappa shape index (κ2) is 4.81. The van der Waals surface area contributed by atoms with Crippen LogP contribution in [0.4, 0.5) is 0 Å². The molecule has 1 aromatic heterocycles. The number of fused-ring (bicyclic) bond motifs is 1. The predicted octanol–water partition coefficient (Wildman–Crippen LogP) is 1.82. The first-order valence-electron chi connectivity index (χ1n) is 4.95. The fourth-order valence-electron chi connectivity index (χ4n) is 1.37. The van der Waals surface area contributed by atoms with Crippen LogP contribution in [0.25, 0.3) is 11.0 Å². The number of hydrogen-bond acceptors (Lipinski definition) is 4. The molecule has 1 heterocycles. The molecule has 0 fully saturated rings. The van der Waals surface area contributed by atoms with E-state index in [2.05, 4.69) is 0 Å². The van der Waals surface area contributed by atoms with E-state index >= 15 is 0 Å². The van der Waals surface area contributed by atoms with Crippen LogP contribution in [0.5, 0.6) is 5.75 Å². The average Bonchev–Trinajstić information content (AvgIpc) is 2.29. The molecule has 0 radical (unpaired) electrons. The summed E-state index contributed by atoms with van der Waals surface area (Å²) in [7, 11) is 1.61. The molecule has 2 aromatic rings. The summed E-state index contributed by atoms with van der Waals surface area (Å²) in [6, 6.07) is 8.50. The lowest BCUT2D eigenvalue weighted by molar-refractivity contribution is 0.146. The average molecular weight is 220 g/mol. The van der Waals surface area contributed by atoms with Gasteiger partial charge in [0.25, 0.3) is 0 Å². The molecule has 0 atom stereocenters. The van der Waals surface area contributed by atoms with E-state index in [1.807, 2.05) is 12.1 Å². The molecule has 4 nitrogen and oxygen atoms in total. The molecule has 0 aliphatic heterocycles. The van der Waals surface area contributed by atoms with Gasteiger partial charge in [0, 0.05) is 24.6 Å². The Kier molecular flexibility index (Phi) is 3.22. The Morgan fingerprint density at radius 2 is 2.00 bits per heavy atom. The molecular formula is C12H12O4. The first kappa shape index (κ1) is 10.7. The molecule has 1 aromatic carbocycles. The van der Waals surface area contributed by atoms with Gasteiger partial charge in [-0.2, -0.15) is 0 Å². The Bertz CT molecular complexity index is 530. The Hall–Kier alpha value is -1.81. The molecule has 16 heavy (non-hydrogen) atoms. The molecule has 0 aliphatic rings. The van der Waals surface area contributed by atoms with Gasteiger partial charge in [-0.25, -0.2) is 4.79 Å². The van der Waals surface area contributed by atoms with Gasteiger partial charge in [0.2, 0.25) is 0 Å². The van der Waals surface area contributed by atoms with Crippen LogP contribution in [0.2, 0.25) is 0 Å². The monoisotopic (exact) mass is 220 g/mol. The van der Waals surface area contributed by atoms with Gasteiger partial charge in [-0.1, -0.05) is 0 Å². The Balaban J connectivity index is 2.25. The largest absolute Gasteiger partial charge is 0.491 e. The topological polar surface area (TPSA) is 48.7 Å². The molecule has 0 spiro atoms. The van der Waals surface area contributed by atoms with Crippen molar-refractivity contribution in [3.63, 3.8) is 0 Å². The fraction of sp³-hybridized carbons (Fsp3) is 0.250. The zero-order valence-corrected chi connectivity index (χ0v) is 8.93. The number of benzene rings is 1. The molecule has 0 amide bonds. The Labute approximate surface area is 92.4 Å². The quantitative estimate of drug-likeness (QED) is 0.582. The minimum absolute atomic E-state index is 0.360. The summed E-state index contributed by atoms with van der Waals surface area (Å²) < 4.78 is 15.3. The van der Waals surface area contributed by atoms with Gasteiger partial charge in [0.05, 0.1) is 6.61 Å². The van der Waals surface area contributed by atoms with Crippen molar-refractivity contribution in [1.82, 2.24) is 0 Å². The zero-order chi connectivity index (χ0) is 11.4. The highest BCUT2D eigenvalue weighted by atomic mass is 16.5. The Morgan fingerprint density at radius 1 is 1.19 bits per heavy atom. The minimum Gasteiger partial charge on any atom is -0.491 e. The lowest BCUT2D eigenvalue weighted by Gasteiger charge is -2.05. The van der Waals surface area contributed by atoms with Crippen molar-refractivity contribution >= 4 is 11.0 Å². The molecule has 4 heteroatoms. The maximum Gasteiger partial charge on any atom is 0.336 e. The second-order valence-corrected chi connectivity index (χ2v) is 3.30. The van der Waals surface area contributed by atoms with Crippen LogP contribution in [0.1, 0.15) is 0 Å². The standard InChI is InChI=1S/C12H12O4/c1-14-6-7-15-10-4-2-9-3-5-12(13)16-11(9)8-10/h2-5,8H,6-7H2,1H3. The van der Waals surface area contributed by atoms with E-state index in [1.54, 1.807) is 19.2 Å². The van der Waals surface area contributed by atoms with Crippen molar-refractivity contribution in [1.29, 1.82) is 0 Å². The van der Waals surface area contributed by atoms with Gasteiger partial charge >= 0.3 is 5.63 Å². The molecule has 0 bridgehead atoms. The summed E-state index contributed by atoms with van der Waals surface area (Å²) in [5.41, 5.74) is 0.170. The molecule has 0 N–H and O–H groups in total. The first-order valence-corrected chi connectivity index (χ1v) is 4.95. The van der Waals surface area contributed by atoms with E-state index in [0.29, 0.717) is 24.5 Å². The summed E-state index contributed by atoms with van der Waals surface area (Å²) in [5.74, 6) is 0.666. The minimum atomic E-state index is -0.360. The maximum absolute atomic E-state index is 11.0. The highest BCUT2D eigenvalue weighted by molar-refractivity contribution is 5.77. The highest BCUT2D eigenvalue weighted by Crippen LogP contribution is 2.19. The van der Waals surface area contributed by atoms with Crippen LogP contribution in [0.3, 0.4) is 0 Å². The summed E-state index contributed by atoms with van der Waals surface area (Å²) in [6.07, 6.45) is 0. The van der Waals surface area contributed by atoms with Crippen LogP contribution >= 0.6 is 0 Å². The second-order valence-electron chi connectivity index (χ2n) is 3.30. The molecular weight excluding hydrogens is 208 g/mol. The lowest BCUT2D eigenvalue weighted by atomic mass is 10.2. The smallest absolute Gasteiger partial charge is 0.336 e. The van der Waals surface area contributed by atoms with Crippen molar-refractivity contribution in [2.24, 2.45) is 0 Å². The van der Waals surface area contributed by atoms with E-state index in [9.17, 15) is 4.79 Å². The summed E-state index contributed by atoms with van der Waals surface area (Å²) in [4.78, 5) is 11.0. The number of rotatable bonds is 4. The first-order chi connectivity index (χ1) is 7.79. The van der Waals surface area contributed by atoms with Crippen LogP contribution in [-0.2, 0) is 4.74 Å². The van der Waals surface area contributed by atoms with E-state index in [4.69, 9.17) is 13.9 Å². The molecule has 0 saturated heterocycles. The van der Waals surface area contributed by atoms with Gasteiger partial charge < -0.3 is 13.9 Å². The maximum atomic E-state index is 11.0.